The molecule has 0 aromatic heterocycles. The lowest BCUT2D eigenvalue weighted by molar-refractivity contribution is -0.151. The minimum absolute atomic E-state index is 0.0135. The summed E-state index contributed by atoms with van der Waals surface area (Å²) >= 11 is 0. The van der Waals surface area contributed by atoms with Gasteiger partial charge in [0.1, 0.15) is 23.8 Å². The van der Waals surface area contributed by atoms with Crippen LogP contribution in [0, 0.1) is 0 Å². The summed E-state index contributed by atoms with van der Waals surface area (Å²) in [6, 6.07) is 1.89. The van der Waals surface area contributed by atoms with Crippen LogP contribution in [0.1, 0.15) is 76.8 Å². The summed E-state index contributed by atoms with van der Waals surface area (Å²) in [7, 11) is 1.25. The number of carbonyl (C=O) groups excluding carboxylic acids is 4. The van der Waals surface area contributed by atoms with Crippen molar-refractivity contribution in [2.45, 2.75) is 103 Å². The third-order valence-electron chi connectivity index (χ3n) is 7.76. The number of hydrogen-bond donors (Lipinski definition) is 1. The zero-order valence-electron chi connectivity index (χ0n) is 26.2. The van der Waals surface area contributed by atoms with Gasteiger partial charge >= 0.3 is 18.2 Å². The van der Waals surface area contributed by atoms with Crippen molar-refractivity contribution < 1.29 is 42.9 Å². The van der Waals surface area contributed by atoms with Crippen LogP contribution in [0.15, 0.2) is 24.8 Å². The molecule has 0 unspecified atom stereocenters. The minimum Gasteiger partial charge on any atom is -0.490 e. The van der Waals surface area contributed by atoms with Gasteiger partial charge in [0.25, 0.3) is 0 Å². The van der Waals surface area contributed by atoms with E-state index >= 15 is 0 Å². The number of hydrogen-bond acceptors (Lipinski definition) is 9. The lowest BCUT2D eigenvalue weighted by Crippen LogP contribution is -2.52. The van der Waals surface area contributed by atoms with Gasteiger partial charge in [-0.3, -0.25) is 9.69 Å². The summed E-state index contributed by atoms with van der Waals surface area (Å²) in [4.78, 5) is 55.5. The van der Waals surface area contributed by atoms with Gasteiger partial charge < -0.3 is 33.9 Å². The standard InChI is InChI=1S/C32H45N3O9/c1-6-7-8-9-10-12-24(33-30(38)44-32(2,3)4)28(36)35-19-22(17-25(35)29(37)40-5)43-31(39)34-18-21-13-14-26-27(23(21)20-34)42-16-11-15-41-26/h6,13-14,22,24-25H,1,7-12,15-20H2,2-5H3,(H,33,38)/t22-,24+,25+/m1/s1. The predicted molar refractivity (Wildman–Crippen MR) is 160 cm³/mol. The zero-order valence-corrected chi connectivity index (χ0v) is 26.2. The molecular formula is C32H45N3O9. The molecule has 3 amide bonds. The summed E-state index contributed by atoms with van der Waals surface area (Å²) in [6.45, 7) is 10.7. The molecule has 12 nitrogen and oxygen atoms in total. The van der Waals surface area contributed by atoms with Gasteiger partial charge in [0.2, 0.25) is 5.91 Å². The Bertz CT molecular complexity index is 1230. The lowest BCUT2D eigenvalue weighted by atomic mass is 10.1. The summed E-state index contributed by atoms with van der Waals surface area (Å²) in [5, 5.41) is 2.70. The van der Waals surface area contributed by atoms with Gasteiger partial charge in [-0.2, -0.15) is 0 Å². The van der Waals surface area contributed by atoms with Crippen LogP contribution < -0.4 is 14.8 Å². The van der Waals surface area contributed by atoms with Gasteiger partial charge in [-0.15, -0.1) is 6.58 Å². The van der Waals surface area contributed by atoms with Crippen molar-refractivity contribution in [3.05, 3.63) is 35.9 Å². The fourth-order valence-corrected chi connectivity index (χ4v) is 5.66. The topological polar surface area (TPSA) is 133 Å². The van der Waals surface area contributed by atoms with E-state index in [2.05, 4.69) is 11.9 Å². The number of amides is 3. The van der Waals surface area contributed by atoms with Crippen LogP contribution in [-0.4, -0.2) is 84.5 Å². The molecule has 1 fully saturated rings. The highest BCUT2D eigenvalue weighted by atomic mass is 16.6. The van der Waals surface area contributed by atoms with Crippen LogP contribution in [0.4, 0.5) is 9.59 Å². The number of esters is 1. The number of carbonyl (C=O) groups is 4. The van der Waals surface area contributed by atoms with Crippen molar-refractivity contribution in [3.63, 3.8) is 0 Å². The molecule has 1 N–H and O–H groups in total. The Morgan fingerprint density at radius 2 is 1.89 bits per heavy atom. The molecular weight excluding hydrogens is 570 g/mol. The number of alkyl carbamates (subject to hydrolysis) is 1. The van der Waals surface area contributed by atoms with E-state index in [0.717, 1.165) is 36.8 Å². The fraction of sp³-hybridized carbons (Fsp3) is 0.625. The van der Waals surface area contributed by atoms with E-state index in [9.17, 15) is 19.2 Å². The maximum absolute atomic E-state index is 13.9. The average molecular weight is 616 g/mol. The maximum Gasteiger partial charge on any atom is 0.410 e. The number of methoxy groups -OCH3 is 1. The molecule has 0 bridgehead atoms. The Hall–Kier alpha value is -3.96. The van der Waals surface area contributed by atoms with Crippen molar-refractivity contribution in [3.8, 4) is 11.5 Å². The van der Waals surface area contributed by atoms with E-state index in [0.29, 0.717) is 50.6 Å². The Morgan fingerprint density at radius 3 is 2.61 bits per heavy atom. The minimum atomic E-state index is -0.967. The van der Waals surface area contributed by atoms with E-state index in [-0.39, 0.29) is 13.0 Å². The number of unbranched alkanes of at least 4 members (excludes halogenated alkanes) is 3. The van der Waals surface area contributed by atoms with Gasteiger partial charge in [0.05, 0.1) is 33.4 Å². The number of ether oxygens (including phenoxy) is 5. The molecule has 4 rings (SSSR count). The second-order valence-electron chi connectivity index (χ2n) is 12.3. The molecule has 0 radical (unpaired) electrons. The third-order valence-corrected chi connectivity index (χ3v) is 7.76. The maximum atomic E-state index is 13.9. The molecule has 0 saturated carbocycles. The van der Waals surface area contributed by atoms with E-state index in [1.807, 2.05) is 18.2 Å². The van der Waals surface area contributed by atoms with Crippen LogP contribution in [0.2, 0.25) is 0 Å². The number of rotatable bonds is 10. The van der Waals surface area contributed by atoms with Crippen LogP contribution in [0.3, 0.4) is 0 Å². The molecule has 242 valence electrons. The van der Waals surface area contributed by atoms with Crippen LogP contribution in [0.5, 0.6) is 11.5 Å². The van der Waals surface area contributed by atoms with Crippen molar-refractivity contribution >= 4 is 24.1 Å². The van der Waals surface area contributed by atoms with Crippen molar-refractivity contribution in [2.24, 2.45) is 0 Å². The molecule has 3 aliphatic rings. The Morgan fingerprint density at radius 1 is 1.11 bits per heavy atom. The van der Waals surface area contributed by atoms with Gasteiger partial charge in [0, 0.05) is 24.9 Å². The molecule has 3 aliphatic heterocycles. The molecule has 3 atom stereocenters. The van der Waals surface area contributed by atoms with Crippen LogP contribution in [0.25, 0.3) is 0 Å². The largest absolute Gasteiger partial charge is 0.490 e. The highest BCUT2D eigenvalue weighted by Crippen LogP contribution is 2.40. The highest BCUT2D eigenvalue weighted by molar-refractivity contribution is 5.90. The first kappa shape index (κ1) is 32.9. The number of likely N-dealkylation sites (tertiary alicyclic amines) is 1. The molecule has 1 aromatic carbocycles. The fourth-order valence-electron chi connectivity index (χ4n) is 5.66. The Balaban J connectivity index is 1.43. The van der Waals surface area contributed by atoms with Crippen LogP contribution in [-0.2, 0) is 36.9 Å². The van der Waals surface area contributed by atoms with Gasteiger partial charge in [-0.25, -0.2) is 14.4 Å². The second kappa shape index (κ2) is 14.7. The van der Waals surface area contributed by atoms with E-state index in [1.54, 1.807) is 25.7 Å². The Labute approximate surface area is 258 Å². The first-order valence-corrected chi connectivity index (χ1v) is 15.3. The summed E-state index contributed by atoms with van der Waals surface area (Å²) in [6.07, 6.45) is 4.29. The highest BCUT2D eigenvalue weighted by Gasteiger charge is 2.45. The molecule has 1 saturated heterocycles. The van der Waals surface area contributed by atoms with Gasteiger partial charge in [0.15, 0.2) is 11.5 Å². The van der Waals surface area contributed by atoms with Crippen LogP contribution >= 0.6 is 0 Å². The number of nitrogens with one attached hydrogen (secondary N) is 1. The molecule has 12 heteroatoms. The molecule has 1 aromatic rings. The first-order valence-electron chi connectivity index (χ1n) is 15.3. The molecule has 44 heavy (non-hydrogen) atoms. The summed E-state index contributed by atoms with van der Waals surface area (Å²) in [5.74, 6) is 0.249. The SMILES string of the molecule is C=CCCCCC[C@H](NC(=O)OC(C)(C)C)C(=O)N1C[C@H](OC(=O)N2Cc3ccc4c(c3C2)OCCCO4)C[C@H]1C(=O)OC. The van der Waals surface area contributed by atoms with E-state index < -0.39 is 47.9 Å². The van der Waals surface area contributed by atoms with Crippen molar-refractivity contribution in [1.82, 2.24) is 15.1 Å². The zero-order chi connectivity index (χ0) is 31.9. The number of allylic oxidation sites excluding steroid dienone is 1. The molecule has 3 heterocycles. The normalized spacial score (nSPS) is 19.8. The quantitative estimate of drug-likeness (QED) is 0.175. The first-order chi connectivity index (χ1) is 21.0. The lowest BCUT2D eigenvalue weighted by Gasteiger charge is -2.29. The predicted octanol–water partition coefficient (Wildman–Crippen LogP) is 4.47. The number of nitrogens with zero attached hydrogens (tertiary/aromatic N) is 2. The van der Waals surface area contributed by atoms with Gasteiger partial charge in [-0.05, 0) is 51.7 Å². The summed E-state index contributed by atoms with van der Waals surface area (Å²) < 4.78 is 28.0. The monoisotopic (exact) mass is 615 g/mol. The molecule has 0 aliphatic carbocycles. The smallest absolute Gasteiger partial charge is 0.410 e. The number of fused-ring (bicyclic) bond motifs is 3. The van der Waals surface area contributed by atoms with Crippen molar-refractivity contribution in [1.29, 1.82) is 0 Å². The van der Waals surface area contributed by atoms with Gasteiger partial charge in [-0.1, -0.05) is 25.0 Å². The van der Waals surface area contributed by atoms with E-state index in [1.165, 1.54) is 12.0 Å². The average Bonchev–Trinajstić information content (AvgIpc) is 3.52. The summed E-state index contributed by atoms with van der Waals surface area (Å²) in [5.41, 5.74) is 1.09. The van der Waals surface area contributed by atoms with E-state index in [4.69, 9.17) is 23.7 Å². The van der Waals surface area contributed by atoms with Crippen molar-refractivity contribution in [2.75, 3.05) is 26.9 Å². The third kappa shape index (κ3) is 8.35. The Kier molecular flexibility index (Phi) is 11.0. The molecule has 0 spiro atoms. The number of benzene rings is 1. The second-order valence-corrected chi connectivity index (χ2v) is 12.3.